The second-order valence-electron chi connectivity index (χ2n) is 4.86. The molecule has 1 atom stereocenters. The second-order valence-corrected chi connectivity index (χ2v) is 7.22. The van der Waals surface area contributed by atoms with Gasteiger partial charge in [0.2, 0.25) is 10.0 Å². The number of nitrogens with zero attached hydrogens (tertiary/aromatic N) is 3. The summed E-state index contributed by atoms with van der Waals surface area (Å²) in [6.07, 6.45) is 3.26. The van der Waals surface area contributed by atoms with Crippen LogP contribution >= 0.6 is 11.6 Å². The van der Waals surface area contributed by atoms with E-state index in [1.165, 1.54) is 4.31 Å². The number of nitriles is 1. The Morgan fingerprint density at radius 2 is 1.96 bits per heavy atom. The number of halogens is 1. The fourth-order valence-corrected chi connectivity index (χ4v) is 3.83. The summed E-state index contributed by atoms with van der Waals surface area (Å²) in [6, 6.07) is 11.7. The molecule has 5 nitrogen and oxygen atoms in total. The zero-order valence-electron chi connectivity index (χ0n) is 12.6. The van der Waals surface area contributed by atoms with Crippen LogP contribution in [-0.2, 0) is 10.0 Å². The molecule has 120 valence electrons. The van der Waals surface area contributed by atoms with E-state index in [1.54, 1.807) is 55.7 Å². The van der Waals surface area contributed by atoms with E-state index < -0.39 is 21.8 Å². The van der Waals surface area contributed by atoms with Crippen molar-refractivity contribution in [3.63, 3.8) is 0 Å². The van der Waals surface area contributed by atoms with Crippen molar-refractivity contribution < 1.29 is 8.42 Å². The molecule has 0 spiro atoms. The highest BCUT2D eigenvalue weighted by Crippen LogP contribution is 2.31. The molecule has 2 aromatic rings. The van der Waals surface area contributed by atoms with Crippen LogP contribution < -0.4 is 0 Å². The molecule has 1 heterocycles. The Morgan fingerprint density at radius 3 is 2.48 bits per heavy atom. The summed E-state index contributed by atoms with van der Waals surface area (Å²) < 4.78 is 26.3. The summed E-state index contributed by atoms with van der Waals surface area (Å²) in [5, 5.41) is 9.39. The minimum absolute atomic E-state index is 0.242. The van der Waals surface area contributed by atoms with Crippen molar-refractivity contribution in [1.82, 2.24) is 9.29 Å². The third kappa shape index (κ3) is 4.08. The largest absolute Gasteiger partial charge is 0.264 e. The molecule has 23 heavy (non-hydrogen) atoms. The zero-order valence-corrected chi connectivity index (χ0v) is 14.1. The maximum absolute atomic E-state index is 12.5. The van der Waals surface area contributed by atoms with Gasteiger partial charge in [-0.2, -0.15) is 9.57 Å². The molecule has 1 aromatic carbocycles. The van der Waals surface area contributed by atoms with Crippen LogP contribution in [0.25, 0.3) is 0 Å². The summed E-state index contributed by atoms with van der Waals surface area (Å²) in [4.78, 5) is 4.08. The first-order chi connectivity index (χ1) is 11.0. The summed E-state index contributed by atoms with van der Waals surface area (Å²) >= 11 is 5.93. The van der Waals surface area contributed by atoms with Gasteiger partial charge in [0.15, 0.2) is 5.75 Å². The maximum Gasteiger partial charge on any atom is 0.228 e. The Labute approximate surface area is 141 Å². The molecule has 0 N–H and O–H groups in total. The van der Waals surface area contributed by atoms with Gasteiger partial charge in [0.1, 0.15) is 0 Å². The highest BCUT2D eigenvalue weighted by molar-refractivity contribution is 7.89. The lowest BCUT2D eigenvalue weighted by Crippen LogP contribution is -2.36. The molecule has 0 bridgehead atoms. The molecule has 0 saturated carbocycles. The zero-order chi connectivity index (χ0) is 16.9. The number of hydrogen-bond acceptors (Lipinski definition) is 4. The first kappa shape index (κ1) is 17.4. The lowest BCUT2D eigenvalue weighted by molar-refractivity contribution is 0.376. The van der Waals surface area contributed by atoms with Gasteiger partial charge in [-0.25, -0.2) is 8.42 Å². The van der Waals surface area contributed by atoms with E-state index in [4.69, 9.17) is 16.9 Å². The molecule has 2 rings (SSSR count). The van der Waals surface area contributed by atoms with E-state index in [0.717, 1.165) is 11.1 Å². The van der Waals surface area contributed by atoms with E-state index >= 15 is 0 Å². The van der Waals surface area contributed by atoms with Gasteiger partial charge in [0.25, 0.3) is 0 Å². The SMILES string of the molecule is CCN([C@@H](c1ccc(Cl)cc1)c1cccnc1)S(=O)(=O)CC#N. The van der Waals surface area contributed by atoms with Crippen molar-refractivity contribution in [3.8, 4) is 6.07 Å². The maximum atomic E-state index is 12.5. The van der Waals surface area contributed by atoms with Crippen LogP contribution in [0.4, 0.5) is 0 Å². The molecule has 0 unspecified atom stereocenters. The van der Waals surface area contributed by atoms with Gasteiger partial charge in [-0.05, 0) is 29.3 Å². The summed E-state index contributed by atoms with van der Waals surface area (Å²) in [5.74, 6) is -0.564. The van der Waals surface area contributed by atoms with Crippen LogP contribution in [-0.4, -0.2) is 30.0 Å². The lowest BCUT2D eigenvalue weighted by atomic mass is 10.0. The molecular weight excluding hydrogens is 334 g/mol. The molecule has 0 saturated heterocycles. The summed E-state index contributed by atoms with van der Waals surface area (Å²) in [7, 11) is -3.72. The van der Waals surface area contributed by atoms with Crippen molar-refractivity contribution >= 4 is 21.6 Å². The van der Waals surface area contributed by atoms with Gasteiger partial charge in [-0.15, -0.1) is 0 Å². The van der Waals surface area contributed by atoms with Crippen LogP contribution in [0.15, 0.2) is 48.8 Å². The van der Waals surface area contributed by atoms with E-state index in [2.05, 4.69) is 4.98 Å². The summed E-state index contributed by atoms with van der Waals surface area (Å²) in [5.41, 5.74) is 1.50. The predicted octanol–water partition coefficient (Wildman–Crippen LogP) is 3.00. The minimum Gasteiger partial charge on any atom is -0.264 e. The molecule has 0 radical (unpaired) electrons. The van der Waals surface area contributed by atoms with Crippen molar-refractivity contribution in [2.24, 2.45) is 0 Å². The Balaban J connectivity index is 2.57. The number of aromatic nitrogens is 1. The van der Waals surface area contributed by atoms with E-state index in [0.29, 0.717) is 5.02 Å². The molecule has 0 amide bonds. The Bertz CT molecular complexity index is 786. The average molecular weight is 350 g/mol. The highest BCUT2D eigenvalue weighted by Gasteiger charge is 2.31. The van der Waals surface area contributed by atoms with Crippen LogP contribution in [0.3, 0.4) is 0 Å². The Morgan fingerprint density at radius 1 is 1.26 bits per heavy atom. The van der Waals surface area contributed by atoms with E-state index in [1.807, 2.05) is 6.07 Å². The van der Waals surface area contributed by atoms with Gasteiger partial charge in [0, 0.05) is 24.0 Å². The van der Waals surface area contributed by atoms with Gasteiger partial charge in [-0.1, -0.05) is 36.7 Å². The number of rotatable bonds is 6. The first-order valence-corrected chi connectivity index (χ1v) is 9.00. The molecular formula is C16H16ClN3O2S. The van der Waals surface area contributed by atoms with E-state index in [9.17, 15) is 8.42 Å². The van der Waals surface area contributed by atoms with Crippen molar-refractivity contribution in [2.45, 2.75) is 13.0 Å². The highest BCUT2D eigenvalue weighted by atomic mass is 35.5. The topological polar surface area (TPSA) is 74.1 Å². The number of benzene rings is 1. The molecule has 7 heteroatoms. The van der Waals surface area contributed by atoms with Crippen LogP contribution in [0.1, 0.15) is 24.1 Å². The molecule has 0 aliphatic rings. The van der Waals surface area contributed by atoms with Crippen LogP contribution in [0, 0.1) is 11.3 Å². The number of pyridine rings is 1. The van der Waals surface area contributed by atoms with Crippen molar-refractivity contribution in [3.05, 3.63) is 64.9 Å². The first-order valence-electron chi connectivity index (χ1n) is 7.01. The van der Waals surface area contributed by atoms with Crippen molar-refractivity contribution in [2.75, 3.05) is 12.3 Å². The number of sulfonamides is 1. The van der Waals surface area contributed by atoms with Crippen LogP contribution in [0.2, 0.25) is 5.02 Å². The quantitative estimate of drug-likeness (QED) is 0.803. The summed E-state index contributed by atoms with van der Waals surface area (Å²) in [6.45, 7) is 1.99. The Kier molecular flexibility index (Phi) is 5.72. The van der Waals surface area contributed by atoms with Gasteiger partial charge >= 0.3 is 0 Å². The van der Waals surface area contributed by atoms with Gasteiger partial charge in [0.05, 0.1) is 12.1 Å². The smallest absolute Gasteiger partial charge is 0.228 e. The molecule has 1 aromatic heterocycles. The van der Waals surface area contributed by atoms with Crippen LogP contribution in [0.5, 0.6) is 0 Å². The van der Waals surface area contributed by atoms with Gasteiger partial charge < -0.3 is 0 Å². The average Bonchev–Trinajstić information content (AvgIpc) is 2.54. The predicted molar refractivity (Wildman–Crippen MR) is 89.3 cm³/mol. The lowest BCUT2D eigenvalue weighted by Gasteiger charge is -2.29. The fraction of sp³-hybridized carbons (Fsp3) is 0.250. The third-order valence-electron chi connectivity index (χ3n) is 3.39. The van der Waals surface area contributed by atoms with Gasteiger partial charge in [-0.3, -0.25) is 4.98 Å². The third-order valence-corrected chi connectivity index (χ3v) is 5.32. The number of hydrogen-bond donors (Lipinski definition) is 0. The normalized spacial score (nSPS) is 12.8. The minimum atomic E-state index is -3.72. The monoisotopic (exact) mass is 349 g/mol. The molecule has 0 aliphatic heterocycles. The Hall–Kier alpha value is -1.94. The molecule has 0 aliphatic carbocycles. The molecule has 0 fully saturated rings. The fourth-order valence-electron chi connectivity index (χ4n) is 2.41. The second kappa shape index (κ2) is 7.55. The standard InChI is InChI=1S/C16H16ClN3O2S/c1-2-20(23(21,22)11-9-18)16(14-4-3-10-19-12-14)13-5-7-15(17)8-6-13/h3-8,10,12,16H,2,11H2,1H3/t16-/m0/s1. The van der Waals surface area contributed by atoms with E-state index in [-0.39, 0.29) is 6.54 Å². The van der Waals surface area contributed by atoms with Crippen molar-refractivity contribution in [1.29, 1.82) is 5.26 Å².